The van der Waals surface area contributed by atoms with E-state index >= 15 is 0 Å². The van der Waals surface area contributed by atoms with E-state index in [2.05, 4.69) is 18.0 Å². The molecule has 1 rings (SSSR count). The highest BCUT2D eigenvalue weighted by atomic mass is 32.2. The third-order valence-electron chi connectivity index (χ3n) is 4.85. The minimum atomic E-state index is -0.404. The van der Waals surface area contributed by atoms with E-state index in [9.17, 15) is 9.90 Å². The number of hydrogen-bond acceptors (Lipinski definition) is 5. The molecule has 0 fully saturated rings. The number of thioether (sulfide) groups is 1. The molecule has 6 heteroatoms. The molecule has 1 unspecified atom stereocenters. The minimum absolute atomic E-state index is 0.0413. The first-order valence-electron chi connectivity index (χ1n) is 10.7. The van der Waals surface area contributed by atoms with Crippen molar-refractivity contribution < 1.29 is 14.6 Å². The van der Waals surface area contributed by atoms with E-state index < -0.39 is 5.97 Å². The molecule has 0 aliphatic carbocycles. The van der Waals surface area contributed by atoms with Crippen LogP contribution in [0, 0.1) is 0 Å². The van der Waals surface area contributed by atoms with E-state index in [1.165, 1.54) is 89.3 Å². The van der Waals surface area contributed by atoms with E-state index in [4.69, 9.17) is 4.74 Å². The molecule has 0 saturated heterocycles. The summed E-state index contributed by atoms with van der Waals surface area (Å²) >= 11 is 1.45. The van der Waals surface area contributed by atoms with Gasteiger partial charge in [-0.25, -0.2) is 9.78 Å². The molecule has 1 heterocycles. The number of aliphatic hydroxyl groups excluding tert-OH is 1. The fourth-order valence-electron chi connectivity index (χ4n) is 3.07. The Labute approximate surface area is 175 Å². The number of unbranched alkanes of at least 4 members (excludes halogenated alkanes) is 10. The van der Waals surface area contributed by atoms with Crippen LogP contribution in [-0.2, 0) is 11.8 Å². The van der Waals surface area contributed by atoms with E-state index in [-0.39, 0.29) is 11.9 Å². The monoisotopic (exact) mass is 410 g/mol. The van der Waals surface area contributed by atoms with Gasteiger partial charge in [-0.05, 0) is 12.8 Å². The van der Waals surface area contributed by atoms with E-state index in [1.54, 1.807) is 11.6 Å². The normalized spacial score (nSPS) is 12.6. The topological polar surface area (TPSA) is 64.3 Å². The average Bonchev–Trinajstić information content (AvgIpc) is 3.07. The predicted octanol–water partition coefficient (Wildman–Crippen LogP) is 5.53. The zero-order valence-corrected chi connectivity index (χ0v) is 18.7. The fourth-order valence-corrected chi connectivity index (χ4v) is 3.97. The maximum Gasteiger partial charge on any atom is 0.356 e. The van der Waals surface area contributed by atoms with E-state index in [0.717, 1.165) is 6.42 Å². The molecular formula is C22H38N2O3S. The highest BCUT2D eigenvalue weighted by Gasteiger charge is 2.16. The van der Waals surface area contributed by atoms with Gasteiger partial charge in [0.25, 0.3) is 0 Å². The Kier molecular flexibility index (Phi) is 13.8. The third-order valence-corrected chi connectivity index (χ3v) is 6.05. The molecule has 0 amide bonds. The van der Waals surface area contributed by atoms with Gasteiger partial charge in [-0.1, -0.05) is 88.6 Å². The Morgan fingerprint density at radius 2 is 1.79 bits per heavy atom. The van der Waals surface area contributed by atoms with Gasteiger partial charge in [0.05, 0.1) is 25.2 Å². The van der Waals surface area contributed by atoms with Gasteiger partial charge in [-0.3, -0.25) is 0 Å². The van der Waals surface area contributed by atoms with Crippen LogP contribution in [0.4, 0.5) is 0 Å². The molecule has 1 atom stereocenters. The van der Waals surface area contributed by atoms with Crippen LogP contribution >= 0.6 is 11.8 Å². The number of aliphatic hydroxyl groups is 1. The van der Waals surface area contributed by atoms with Crippen molar-refractivity contribution in [3.05, 3.63) is 24.0 Å². The standard InChI is InChI=1S/C22H38N2O3S/c1-4-5-6-7-8-9-10-11-12-13-14-15-16-19(18-25)28-22-23-17-20(24(22)2)21(26)27-3/h15-17,19,25H,4-14,18H2,1-3H3. The Morgan fingerprint density at radius 3 is 2.36 bits per heavy atom. The van der Waals surface area contributed by atoms with Crippen molar-refractivity contribution >= 4 is 17.7 Å². The summed E-state index contributed by atoms with van der Waals surface area (Å²) in [5.74, 6) is -0.404. The first-order valence-corrected chi connectivity index (χ1v) is 11.6. The van der Waals surface area contributed by atoms with Gasteiger partial charge < -0.3 is 14.4 Å². The van der Waals surface area contributed by atoms with Crippen LogP contribution in [0.25, 0.3) is 0 Å². The molecule has 1 N–H and O–H groups in total. The van der Waals surface area contributed by atoms with E-state index in [1.807, 2.05) is 6.08 Å². The predicted molar refractivity (Wildman–Crippen MR) is 117 cm³/mol. The molecule has 0 saturated carbocycles. The van der Waals surface area contributed by atoms with Gasteiger partial charge in [0.1, 0.15) is 5.69 Å². The lowest BCUT2D eigenvalue weighted by Gasteiger charge is -2.09. The Hall–Kier alpha value is -1.27. The smallest absolute Gasteiger partial charge is 0.356 e. The maximum atomic E-state index is 11.6. The largest absolute Gasteiger partial charge is 0.464 e. The quantitative estimate of drug-likeness (QED) is 0.168. The average molecular weight is 411 g/mol. The number of aromatic nitrogens is 2. The SMILES string of the molecule is CCCCCCCCCCCCC=CC(CO)Sc1ncc(C(=O)OC)n1C. The number of ether oxygens (including phenoxy) is 1. The number of esters is 1. The van der Waals surface area contributed by atoms with Gasteiger partial charge in [0.2, 0.25) is 0 Å². The van der Waals surface area contributed by atoms with Crippen LogP contribution in [0.3, 0.4) is 0 Å². The second-order valence-corrected chi connectivity index (χ2v) is 8.42. The molecule has 0 radical (unpaired) electrons. The number of allylic oxidation sites excluding steroid dienone is 1. The molecule has 160 valence electrons. The van der Waals surface area contributed by atoms with Crippen LogP contribution in [0.1, 0.15) is 88.0 Å². The first kappa shape index (κ1) is 24.8. The molecular weight excluding hydrogens is 372 g/mol. The summed E-state index contributed by atoms with van der Waals surface area (Å²) in [6.07, 6.45) is 20.2. The summed E-state index contributed by atoms with van der Waals surface area (Å²) in [6.45, 7) is 2.30. The lowest BCUT2D eigenvalue weighted by molar-refractivity contribution is 0.0589. The van der Waals surface area contributed by atoms with Crippen molar-refractivity contribution in [1.82, 2.24) is 9.55 Å². The second-order valence-electron chi connectivity index (χ2n) is 7.21. The third kappa shape index (κ3) is 9.78. The number of hydrogen-bond donors (Lipinski definition) is 1. The van der Waals surface area contributed by atoms with Crippen LogP contribution in [0.2, 0.25) is 0 Å². The van der Waals surface area contributed by atoms with Crippen molar-refractivity contribution in [1.29, 1.82) is 0 Å². The summed E-state index contributed by atoms with van der Waals surface area (Å²) in [5.41, 5.74) is 0.413. The summed E-state index contributed by atoms with van der Waals surface area (Å²) in [5, 5.41) is 10.3. The van der Waals surface area contributed by atoms with Gasteiger partial charge in [0, 0.05) is 7.05 Å². The number of imidazole rings is 1. The van der Waals surface area contributed by atoms with Crippen LogP contribution in [0.5, 0.6) is 0 Å². The second kappa shape index (κ2) is 15.6. The summed E-state index contributed by atoms with van der Waals surface area (Å²) in [7, 11) is 3.14. The number of nitrogens with zero attached hydrogens (tertiary/aromatic N) is 2. The van der Waals surface area contributed by atoms with Crippen molar-refractivity contribution in [2.24, 2.45) is 7.05 Å². The number of methoxy groups -OCH3 is 1. The zero-order chi connectivity index (χ0) is 20.6. The van der Waals surface area contributed by atoms with Crippen molar-refractivity contribution in [2.45, 2.75) is 88.0 Å². The molecule has 0 spiro atoms. The lowest BCUT2D eigenvalue weighted by atomic mass is 10.1. The fraction of sp³-hybridized carbons (Fsp3) is 0.727. The van der Waals surface area contributed by atoms with Crippen molar-refractivity contribution in [3.8, 4) is 0 Å². The van der Waals surface area contributed by atoms with Crippen LogP contribution in [-0.4, -0.2) is 39.6 Å². The van der Waals surface area contributed by atoms with Crippen molar-refractivity contribution in [2.75, 3.05) is 13.7 Å². The molecule has 1 aromatic heterocycles. The Balaban J connectivity index is 2.19. The lowest BCUT2D eigenvalue weighted by Crippen LogP contribution is -2.10. The molecule has 28 heavy (non-hydrogen) atoms. The highest BCUT2D eigenvalue weighted by Crippen LogP contribution is 2.24. The number of rotatable bonds is 16. The molecule has 1 aromatic rings. The van der Waals surface area contributed by atoms with E-state index in [0.29, 0.717) is 10.9 Å². The maximum absolute atomic E-state index is 11.6. The summed E-state index contributed by atoms with van der Waals surface area (Å²) in [6, 6.07) is 0. The van der Waals surface area contributed by atoms with Crippen LogP contribution in [0.15, 0.2) is 23.5 Å². The van der Waals surface area contributed by atoms with Gasteiger partial charge in [-0.2, -0.15) is 0 Å². The molecule has 0 aliphatic rings. The van der Waals surface area contributed by atoms with Gasteiger partial charge in [0.15, 0.2) is 5.16 Å². The van der Waals surface area contributed by atoms with Gasteiger partial charge in [-0.15, -0.1) is 0 Å². The van der Waals surface area contributed by atoms with Crippen LogP contribution < -0.4 is 0 Å². The molecule has 0 bridgehead atoms. The van der Waals surface area contributed by atoms with Gasteiger partial charge >= 0.3 is 5.97 Å². The minimum Gasteiger partial charge on any atom is -0.464 e. The summed E-state index contributed by atoms with van der Waals surface area (Å²) < 4.78 is 6.44. The Bertz CT molecular complexity index is 572. The highest BCUT2D eigenvalue weighted by molar-refractivity contribution is 8.00. The number of carbonyl (C=O) groups excluding carboxylic acids is 1. The molecule has 0 aliphatic heterocycles. The summed E-state index contributed by atoms with van der Waals surface area (Å²) in [4.78, 5) is 15.9. The number of carbonyl (C=O) groups is 1. The first-order chi connectivity index (χ1) is 13.6. The molecule has 5 nitrogen and oxygen atoms in total. The Morgan fingerprint density at radius 1 is 1.18 bits per heavy atom. The van der Waals surface area contributed by atoms with Crippen molar-refractivity contribution in [3.63, 3.8) is 0 Å². The zero-order valence-electron chi connectivity index (χ0n) is 17.9. The molecule has 0 aromatic carbocycles.